The lowest BCUT2D eigenvalue weighted by Gasteiger charge is -2.03. The quantitative estimate of drug-likeness (QED) is 0.727. The van der Waals surface area contributed by atoms with Crippen LogP contribution in [0.4, 0.5) is 4.39 Å². The highest BCUT2D eigenvalue weighted by atomic mass is 19.1. The number of carbonyl (C=O) groups is 1. The lowest BCUT2D eigenvalue weighted by atomic mass is 10.1. The summed E-state index contributed by atoms with van der Waals surface area (Å²) in [6.07, 6.45) is 1.89. The maximum absolute atomic E-state index is 13.6. The predicted octanol–water partition coefficient (Wildman–Crippen LogP) is 3.44. The minimum absolute atomic E-state index is 0.0313. The number of aromatic nitrogens is 1. The van der Waals surface area contributed by atoms with E-state index in [0.29, 0.717) is 0 Å². The molecule has 1 heterocycles. The number of hydrogen-bond acceptors (Lipinski definition) is 2. The Morgan fingerprint density at radius 3 is 2.50 bits per heavy atom. The third-order valence-electron chi connectivity index (χ3n) is 2.68. The van der Waals surface area contributed by atoms with Crippen molar-refractivity contribution in [2.24, 2.45) is 7.05 Å². The summed E-state index contributed by atoms with van der Waals surface area (Å²) < 4.78 is 20.0. The van der Waals surface area contributed by atoms with Gasteiger partial charge in [0.25, 0.3) is 0 Å². The first-order chi connectivity index (χ1) is 8.54. The first-order valence-corrected chi connectivity index (χ1v) is 5.88. The predicted molar refractivity (Wildman–Crippen MR) is 70.3 cm³/mol. The number of ether oxygens (including phenoxy) is 1. The fourth-order valence-corrected chi connectivity index (χ4v) is 1.87. The number of rotatable bonds is 1. The molecule has 0 bridgehead atoms. The summed E-state index contributed by atoms with van der Waals surface area (Å²) in [7, 11) is 3.09. The van der Waals surface area contributed by atoms with E-state index in [0.717, 1.165) is 16.5 Å². The van der Waals surface area contributed by atoms with Crippen LogP contribution in [0.5, 0.6) is 0 Å². The molecule has 4 heteroatoms. The Bertz CT molecular complexity index is 573. The number of methoxy groups -OCH3 is 1. The number of benzene rings is 1. The second kappa shape index (κ2) is 5.67. The van der Waals surface area contributed by atoms with Crippen LogP contribution in [-0.4, -0.2) is 17.6 Å². The molecule has 18 heavy (non-hydrogen) atoms. The van der Waals surface area contributed by atoms with Crippen LogP contribution in [0.15, 0.2) is 18.3 Å². The van der Waals surface area contributed by atoms with Gasteiger partial charge in [-0.3, -0.25) is 0 Å². The van der Waals surface area contributed by atoms with Crippen LogP contribution in [0.2, 0.25) is 0 Å². The minimum atomic E-state index is -0.654. The van der Waals surface area contributed by atoms with Crippen molar-refractivity contribution < 1.29 is 13.9 Å². The number of halogens is 1. The standard InChI is InChI=1S/C12H12FNO2.C2H6/c1-7-6-14(2)11-5-9(12(15)16-3)10(13)4-8(7)11;1-2/h4-6H,1-3H3;1-2H3. The van der Waals surface area contributed by atoms with Crippen molar-refractivity contribution in [3.8, 4) is 0 Å². The summed E-state index contributed by atoms with van der Waals surface area (Å²) in [4.78, 5) is 11.3. The molecule has 0 aliphatic heterocycles. The molecule has 0 atom stereocenters. The van der Waals surface area contributed by atoms with Gasteiger partial charge >= 0.3 is 5.97 Å². The third kappa shape index (κ3) is 2.37. The van der Waals surface area contributed by atoms with Crippen LogP contribution in [0, 0.1) is 12.7 Å². The Balaban J connectivity index is 0.000000771. The highest BCUT2D eigenvalue weighted by molar-refractivity contribution is 5.95. The molecule has 0 N–H and O–H groups in total. The third-order valence-corrected chi connectivity index (χ3v) is 2.68. The van der Waals surface area contributed by atoms with Crippen molar-refractivity contribution in [1.29, 1.82) is 0 Å². The van der Waals surface area contributed by atoms with E-state index in [1.807, 2.05) is 38.6 Å². The molecule has 0 aliphatic rings. The highest BCUT2D eigenvalue weighted by Crippen LogP contribution is 2.23. The number of esters is 1. The van der Waals surface area contributed by atoms with Gasteiger partial charge in [0.2, 0.25) is 0 Å². The molecule has 0 fully saturated rings. The van der Waals surface area contributed by atoms with Gasteiger partial charge in [-0.2, -0.15) is 0 Å². The van der Waals surface area contributed by atoms with Crippen molar-refractivity contribution in [3.63, 3.8) is 0 Å². The molecule has 2 rings (SSSR count). The summed E-state index contributed by atoms with van der Waals surface area (Å²) in [5.74, 6) is -1.20. The Morgan fingerprint density at radius 1 is 1.33 bits per heavy atom. The van der Waals surface area contributed by atoms with Crippen molar-refractivity contribution in [3.05, 3.63) is 35.3 Å². The molecule has 0 saturated carbocycles. The number of fused-ring (bicyclic) bond motifs is 1. The maximum Gasteiger partial charge on any atom is 0.340 e. The van der Waals surface area contributed by atoms with E-state index in [-0.39, 0.29) is 5.56 Å². The van der Waals surface area contributed by atoms with Crippen molar-refractivity contribution in [2.45, 2.75) is 20.8 Å². The molecule has 0 radical (unpaired) electrons. The van der Waals surface area contributed by atoms with E-state index < -0.39 is 11.8 Å². The van der Waals surface area contributed by atoms with E-state index in [1.165, 1.54) is 19.2 Å². The van der Waals surface area contributed by atoms with E-state index in [4.69, 9.17) is 0 Å². The topological polar surface area (TPSA) is 31.2 Å². The Labute approximate surface area is 106 Å². The highest BCUT2D eigenvalue weighted by Gasteiger charge is 2.15. The van der Waals surface area contributed by atoms with E-state index in [1.54, 1.807) is 0 Å². The van der Waals surface area contributed by atoms with Gasteiger partial charge in [0.05, 0.1) is 12.7 Å². The van der Waals surface area contributed by atoms with Gasteiger partial charge < -0.3 is 9.30 Å². The number of carbonyl (C=O) groups excluding carboxylic acids is 1. The van der Waals surface area contributed by atoms with Crippen LogP contribution >= 0.6 is 0 Å². The van der Waals surface area contributed by atoms with Crippen LogP contribution < -0.4 is 0 Å². The van der Waals surface area contributed by atoms with E-state index >= 15 is 0 Å². The number of aryl methyl sites for hydroxylation is 2. The zero-order valence-electron chi connectivity index (χ0n) is 11.4. The zero-order valence-corrected chi connectivity index (χ0v) is 11.4. The largest absolute Gasteiger partial charge is 0.465 e. The van der Waals surface area contributed by atoms with Gasteiger partial charge in [0.1, 0.15) is 5.82 Å². The van der Waals surface area contributed by atoms with Gasteiger partial charge in [-0.05, 0) is 24.6 Å². The Morgan fingerprint density at radius 2 is 1.94 bits per heavy atom. The van der Waals surface area contributed by atoms with Crippen LogP contribution in [-0.2, 0) is 11.8 Å². The average molecular weight is 251 g/mol. The lowest BCUT2D eigenvalue weighted by molar-refractivity contribution is 0.0595. The average Bonchev–Trinajstić information content (AvgIpc) is 2.65. The molecule has 1 aromatic carbocycles. The fourth-order valence-electron chi connectivity index (χ4n) is 1.87. The van der Waals surface area contributed by atoms with Crippen molar-refractivity contribution >= 4 is 16.9 Å². The summed E-state index contributed by atoms with van der Waals surface area (Å²) in [5, 5.41) is 0.813. The molecular formula is C14H18FNO2. The molecule has 0 unspecified atom stereocenters. The molecule has 0 saturated heterocycles. The van der Waals surface area contributed by atoms with Gasteiger partial charge in [-0.25, -0.2) is 9.18 Å². The van der Waals surface area contributed by atoms with Crippen LogP contribution in [0.3, 0.4) is 0 Å². The molecule has 0 aliphatic carbocycles. The van der Waals surface area contributed by atoms with Crippen LogP contribution in [0.25, 0.3) is 10.9 Å². The molecule has 1 aromatic heterocycles. The number of hydrogen-bond donors (Lipinski definition) is 0. The Kier molecular flexibility index (Phi) is 4.48. The molecule has 0 spiro atoms. The van der Waals surface area contributed by atoms with Crippen LogP contribution in [0.1, 0.15) is 29.8 Å². The molecule has 3 nitrogen and oxygen atoms in total. The van der Waals surface area contributed by atoms with Gasteiger partial charge in [-0.1, -0.05) is 13.8 Å². The first-order valence-electron chi connectivity index (χ1n) is 5.88. The summed E-state index contributed by atoms with van der Waals surface area (Å²) in [6.45, 7) is 5.90. The van der Waals surface area contributed by atoms with E-state index in [2.05, 4.69) is 4.74 Å². The zero-order chi connectivity index (χ0) is 13.9. The first kappa shape index (κ1) is 14.2. The lowest BCUT2D eigenvalue weighted by Crippen LogP contribution is -2.04. The van der Waals surface area contributed by atoms with Crippen molar-refractivity contribution in [2.75, 3.05) is 7.11 Å². The SMILES string of the molecule is CC.COC(=O)c1cc2c(cc1F)c(C)cn2C. The van der Waals surface area contributed by atoms with Crippen molar-refractivity contribution in [1.82, 2.24) is 4.57 Å². The summed E-state index contributed by atoms with van der Waals surface area (Å²) in [5.41, 5.74) is 1.77. The van der Waals surface area contributed by atoms with Gasteiger partial charge in [-0.15, -0.1) is 0 Å². The van der Waals surface area contributed by atoms with E-state index in [9.17, 15) is 9.18 Å². The maximum atomic E-state index is 13.6. The molecule has 98 valence electrons. The number of nitrogens with zero attached hydrogens (tertiary/aromatic N) is 1. The normalized spacial score (nSPS) is 9.89. The molecular weight excluding hydrogens is 233 g/mol. The summed E-state index contributed by atoms with van der Waals surface area (Å²) >= 11 is 0. The van der Waals surface area contributed by atoms with Gasteiger partial charge in [0, 0.05) is 24.1 Å². The minimum Gasteiger partial charge on any atom is -0.465 e. The smallest absolute Gasteiger partial charge is 0.340 e. The Hall–Kier alpha value is -1.84. The second-order valence-electron chi connectivity index (χ2n) is 3.76. The summed E-state index contributed by atoms with van der Waals surface area (Å²) in [6, 6.07) is 2.89. The molecule has 0 amide bonds. The molecule has 2 aromatic rings. The second-order valence-corrected chi connectivity index (χ2v) is 3.76. The van der Waals surface area contributed by atoms with Gasteiger partial charge in [0.15, 0.2) is 0 Å². The monoisotopic (exact) mass is 251 g/mol. The fraction of sp³-hybridized carbons (Fsp3) is 0.357.